The minimum Gasteiger partial charge on any atom is -0.486 e. The lowest BCUT2D eigenvalue weighted by atomic mass is 10.1. The molecule has 1 aromatic heterocycles. The van der Waals surface area contributed by atoms with E-state index in [0.29, 0.717) is 19.8 Å². The third-order valence-electron chi connectivity index (χ3n) is 3.24. The smallest absolute Gasteiger partial charge is 0.163 e. The molecule has 21 heavy (non-hydrogen) atoms. The summed E-state index contributed by atoms with van der Waals surface area (Å²) in [6.07, 6.45) is 1.96. The average molecular weight is 288 g/mol. The summed E-state index contributed by atoms with van der Waals surface area (Å²) in [5, 5.41) is 11.7. The first kappa shape index (κ1) is 13.7. The highest BCUT2D eigenvalue weighted by atomic mass is 16.6. The second-order valence-corrected chi connectivity index (χ2v) is 6.04. The van der Waals surface area contributed by atoms with E-state index in [1.807, 2.05) is 29.1 Å². The first-order valence-electron chi connectivity index (χ1n) is 7.07. The molecule has 2 aromatic rings. The van der Waals surface area contributed by atoms with Crippen LogP contribution < -0.4 is 14.8 Å². The van der Waals surface area contributed by atoms with E-state index in [-0.39, 0.29) is 5.54 Å². The molecule has 3 rings (SSSR count). The SMILES string of the molecule is CC(C)(C)n1cc(CNc2ccc3c(c2)OCCO3)nn1. The van der Waals surface area contributed by atoms with Gasteiger partial charge in [-0.15, -0.1) is 5.10 Å². The molecular weight excluding hydrogens is 268 g/mol. The van der Waals surface area contributed by atoms with Gasteiger partial charge in [0.2, 0.25) is 0 Å². The van der Waals surface area contributed by atoms with Crippen LogP contribution in [0.3, 0.4) is 0 Å². The number of nitrogens with one attached hydrogen (secondary N) is 1. The Morgan fingerprint density at radius 2 is 1.95 bits per heavy atom. The van der Waals surface area contributed by atoms with Gasteiger partial charge in [-0.3, -0.25) is 0 Å². The van der Waals surface area contributed by atoms with Gasteiger partial charge in [-0.1, -0.05) is 5.21 Å². The molecule has 0 spiro atoms. The van der Waals surface area contributed by atoms with Crippen LogP contribution in [-0.2, 0) is 12.1 Å². The molecule has 0 saturated heterocycles. The summed E-state index contributed by atoms with van der Waals surface area (Å²) in [4.78, 5) is 0. The van der Waals surface area contributed by atoms with Gasteiger partial charge in [-0.25, -0.2) is 4.68 Å². The lowest BCUT2D eigenvalue weighted by molar-refractivity contribution is 0.171. The Morgan fingerprint density at radius 1 is 1.19 bits per heavy atom. The van der Waals surface area contributed by atoms with Crippen molar-refractivity contribution in [2.45, 2.75) is 32.9 Å². The summed E-state index contributed by atoms with van der Waals surface area (Å²) >= 11 is 0. The Labute approximate surface area is 124 Å². The van der Waals surface area contributed by atoms with Crippen molar-refractivity contribution in [3.63, 3.8) is 0 Å². The molecule has 1 aliphatic heterocycles. The number of hydrogen-bond donors (Lipinski definition) is 1. The average Bonchev–Trinajstić information content (AvgIpc) is 2.94. The van der Waals surface area contributed by atoms with E-state index >= 15 is 0 Å². The molecule has 0 aliphatic carbocycles. The van der Waals surface area contributed by atoms with Gasteiger partial charge in [0.1, 0.15) is 18.9 Å². The van der Waals surface area contributed by atoms with Crippen LogP contribution in [0.25, 0.3) is 0 Å². The molecule has 0 radical (unpaired) electrons. The Balaban J connectivity index is 1.66. The lowest BCUT2D eigenvalue weighted by Crippen LogP contribution is -2.22. The number of nitrogens with zero attached hydrogens (tertiary/aromatic N) is 3. The monoisotopic (exact) mass is 288 g/mol. The van der Waals surface area contributed by atoms with E-state index < -0.39 is 0 Å². The van der Waals surface area contributed by atoms with Crippen molar-refractivity contribution in [1.82, 2.24) is 15.0 Å². The second kappa shape index (κ2) is 5.27. The van der Waals surface area contributed by atoms with Gasteiger partial charge in [0.05, 0.1) is 18.3 Å². The molecule has 0 atom stereocenters. The number of anilines is 1. The molecule has 1 N–H and O–H groups in total. The maximum absolute atomic E-state index is 5.57. The van der Waals surface area contributed by atoms with Crippen molar-refractivity contribution in [3.8, 4) is 11.5 Å². The highest BCUT2D eigenvalue weighted by Gasteiger charge is 2.15. The molecule has 112 valence electrons. The van der Waals surface area contributed by atoms with E-state index in [9.17, 15) is 0 Å². The summed E-state index contributed by atoms with van der Waals surface area (Å²) in [5.74, 6) is 1.58. The predicted octanol–water partition coefficient (Wildman–Crippen LogP) is 2.42. The van der Waals surface area contributed by atoms with Crippen molar-refractivity contribution in [2.24, 2.45) is 0 Å². The van der Waals surface area contributed by atoms with Crippen molar-refractivity contribution in [1.29, 1.82) is 0 Å². The highest BCUT2D eigenvalue weighted by Crippen LogP contribution is 2.32. The van der Waals surface area contributed by atoms with Crippen LogP contribution in [0.2, 0.25) is 0 Å². The topological polar surface area (TPSA) is 61.2 Å². The second-order valence-electron chi connectivity index (χ2n) is 6.04. The van der Waals surface area contributed by atoms with Gasteiger partial charge in [0.25, 0.3) is 0 Å². The maximum Gasteiger partial charge on any atom is 0.163 e. The first-order valence-corrected chi connectivity index (χ1v) is 7.07. The van der Waals surface area contributed by atoms with E-state index in [4.69, 9.17) is 9.47 Å². The minimum atomic E-state index is -0.0533. The summed E-state index contributed by atoms with van der Waals surface area (Å²) in [6.45, 7) is 8.11. The van der Waals surface area contributed by atoms with E-state index in [2.05, 4.69) is 36.4 Å². The number of aromatic nitrogens is 3. The van der Waals surface area contributed by atoms with E-state index in [1.165, 1.54) is 0 Å². The fraction of sp³-hybridized carbons (Fsp3) is 0.467. The van der Waals surface area contributed by atoms with Crippen LogP contribution in [0, 0.1) is 0 Å². The molecule has 2 heterocycles. The van der Waals surface area contributed by atoms with Crippen LogP contribution in [0.15, 0.2) is 24.4 Å². The fourth-order valence-electron chi connectivity index (χ4n) is 2.05. The molecule has 1 aromatic carbocycles. The molecule has 6 nitrogen and oxygen atoms in total. The van der Waals surface area contributed by atoms with Crippen molar-refractivity contribution >= 4 is 5.69 Å². The van der Waals surface area contributed by atoms with Gasteiger partial charge >= 0.3 is 0 Å². The number of benzene rings is 1. The zero-order valence-electron chi connectivity index (χ0n) is 12.6. The molecule has 6 heteroatoms. The fourth-order valence-corrected chi connectivity index (χ4v) is 2.05. The predicted molar refractivity (Wildman–Crippen MR) is 79.8 cm³/mol. The van der Waals surface area contributed by atoms with E-state index in [1.54, 1.807) is 0 Å². The summed E-state index contributed by atoms with van der Waals surface area (Å²) in [7, 11) is 0. The Bertz CT molecular complexity index is 631. The van der Waals surface area contributed by atoms with Crippen LogP contribution in [0.1, 0.15) is 26.5 Å². The Kier molecular flexibility index (Phi) is 3.45. The molecule has 0 unspecified atom stereocenters. The van der Waals surface area contributed by atoms with Crippen LogP contribution in [0.5, 0.6) is 11.5 Å². The quantitative estimate of drug-likeness (QED) is 0.940. The molecule has 0 fully saturated rings. The largest absolute Gasteiger partial charge is 0.486 e. The zero-order chi connectivity index (χ0) is 14.9. The van der Waals surface area contributed by atoms with Crippen LogP contribution in [-0.4, -0.2) is 28.2 Å². The first-order chi connectivity index (χ1) is 10.0. The summed E-state index contributed by atoms with van der Waals surface area (Å²) in [5.41, 5.74) is 1.83. The van der Waals surface area contributed by atoms with Crippen LogP contribution in [0.4, 0.5) is 5.69 Å². The lowest BCUT2D eigenvalue weighted by Gasteiger charge is -2.19. The maximum atomic E-state index is 5.57. The molecule has 0 bridgehead atoms. The van der Waals surface area contributed by atoms with Gasteiger partial charge in [0, 0.05) is 11.8 Å². The Hall–Kier alpha value is -2.24. The van der Waals surface area contributed by atoms with Gasteiger partial charge in [0.15, 0.2) is 11.5 Å². The highest BCUT2D eigenvalue weighted by molar-refractivity contribution is 5.55. The third-order valence-corrected chi connectivity index (χ3v) is 3.24. The standard InChI is InChI=1S/C15H20N4O2/c1-15(2,3)19-10-12(17-18-19)9-16-11-4-5-13-14(8-11)21-7-6-20-13/h4-5,8,10,16H,6-7,9H2,1-3H3. The van der Waals surface area contributed by atoms with Gasteiger partial charge in [-0.05, 0) is 32.9 Å². The zero-order valence-corrected chi connectivity index (χ0v) is 12.6. The number of hydrogen-bond acceptors (Lipinski definition) is 5. The molecule has 0 saturated carbocycles. The van der Waals surface area contributed by atoms with Crippen molar-refractivity contribution in [3.05, 3.63) is 30.1 Å². The number of ether oxygens (including phenoxy) is 2. The minimum absolute atomic E-state index is 0.0533. The summed E-state index contributed by atoms with van der Waals surface area (Å²) in [6, 6.07) is 5.84. The Morgan fingerprint density at radius 3 is 2.67 bits per heavy atom. The van der Waals surface area contributed by atoms with Gasteiger partial charge in [-0.2, -0.15) is 0 Å². The third kappa shape index (κ3) is 3.09. The van der Waals surface area contributed by atoms with E-state index in [0.717, 1.165) is 22.9 Å². The summed E-state index contributed by atoms with van der Waals surface area (Å²) < 4.78 is 12.9. The van der Waals surface area contributed by atoms with Crippen LogP contribution >= 0.6 is 0 Å². The normalized spacial score (nSPS) is 14.0. The number of rotatable bonds is 3. The molecule has 1 aliphatic rings. The van der Waals surface area contributed by atoms with Crippen molar-refractivity contribution < 1.29 is 9.47 Å². The molecule has 0 amide bonds. The van der Waals surface area contributed by atoms with Crippen molar-refractivity contribution in [2.75, 3.05) is 18.5 Å². The van der Waals surface area contributed by atoms with Gasteiger partial charge < -0.3 is 14.8 Å². The number of fused-ring (bicyclic) bond motifs is 1. The molecular formula is C15H20N4O2.